The maximum atomic E-state index is 12.7. The van der Waals surface area contributed by atoms with Gasteiger partial charge >= 0.3 is 6.03 Å². The summed E-state index contributed by atoms with van der Waals surface area (Å²) in [4.78, 5) is 17.0. The second kappa shape index (κ2) is 6.47. The Bertz CT molecular complexity index is 769. The van der Waals surface area contributed by atoms with Crippen molar-refractivity contribution >= 4 is 11.7 Å². The molecule has 25 heavy (non-hydrogen) atoms. The van der Waals surface area contributed by atoms with Crippen molar-refractivity contribution in [2.24, 2.45) is 0 Å². The number of anilines is 1. The van der Waals surface area contributed by atoms with Crippen LogP contribution in [0.5, 0.6) is 0 Å². The molecule has 0 aliphatic carbocycles. The van der Waals surface area contributed by atoms with Gasteiger partial charge < -0.3 is 19.7 Å². The molecule has 2 aliphatic heterocycles. The minimum Gasteiger partial charge on any atom is -0.366 e. The van der Waals surface area contributed by atoms with Crippen molar-refractivity contribution in [3.63, 3.8) is 0 Å². The van der Waals surface area contributed by atoms with E-state index in [1.54, 1.807) is 0 Å². The molecule has 2 unspecified atom stereocenters. The zero-order chi connectivity index (χ0) is 17.4. The Hall–Kier alpha value is -2.43. The zero-order valence-electron chi connectivity index (χ0n) is 15.0. The van der Waals surface area contributed by atoms with Gasteiger partial charge in [0.15, 0.2) is 0 Å². The third-order valence-corrected chi connectivity index (χ3v) is 5.61. The number of nitrogens with one attached hydrogen (secondary N) is 1. The largest absolute Gasteiger partial charge is 0.366 e. The van der Waals surface area contributed by atoms with E-state index in [0.717, 1.165) is 26.1 Å². The number of carbonyl (C=O) groups excluding carboxylic acids is 1. The van der Waals surface area contributed by atoms with Crippen LogP contribution in [0, 0.1) is 0 Å². The van der Waals surface area contributed by atoms with Crippen LogP contribution in [0.4, 0.5) is 10.5 Å². The van der Waals surface area contributed by atoms with Gasteiger partial charge in [0.1, 0.15) is 0 Å². The summed E-state index contributed by atoms with van der Waals surface area (Å²) in [5.74, 6) is 0. The van der Waals surface area contributed by atoms with Gasteiger partial charge in [0, 0.05) is 49.8 Å². The number of aromatic nitrogens is 1. The van der Waals surface area contributed by atoms with Gasteiger partial charge in [-0.25, -0.2) is 4.79 Å². The van der Waals surface area contributed by atoms with E-state index < -0.39 is 0 Å². The highest BCUT2D eigenvalue weighted by molar-refractivity contribution is 5.75. The Kier molecular flexibility index (Phi) is 4.15. The Balaban J connectivity index is 1.37. The van der Waals surface area contributed by atoms with Crippen molar-refractivity contribution in [3.05, 3.63) is 53.9 Å². The van der Waals surface area contributed by atoms with Crippen molar-refractivity contribution in [1.29, 1.82) is 0 Å². The molecule has 2 amide bonds. The number of rotatable bonds is 3. The zero-order valence-corrected chi connectivity index (χ0v) is 15.0. The predicted molar refractivity (Wildman–Crippen MR) is 99.9 cm³/mol. The number of urea groups is 1. The Morgan fingerprint density at radius 2 is 2.04 bits per heavy atom. The summed E-state index contributed by atoms with van der Waals surface area (Å²) in [6.45, 7) is 7.62. The number of fused-ring (bicyclic) bond motifs is 2. The third-order valence-electron chi connectivity index (χ3n) is 5.61. The lowest BCUT2D eigenvalue weighted by Gasteiger charge is -2.35. The van der Waals surface area contributed by atoms with Gasteiger partial charge in [0.2, 0.25) is 0 Å². The molecule has 3 heterocycles. The normalized spacial score (nSPS) is 20.2. The summed E-state index contributed by atoms with van der Waals surface area (Å²) >= 11 is 0. The van der Waals surface area contributed by atoms with Gasteiger partial charge in [-0.3, -0.25) is 0 Å². The second-order valence-corrected chi connectivity index (χ2v) is 7.10. The lowest BCUT2D eigenvalue weighted by Crippen LogP contribution is -2.49. The van der Waals surface area contributed by atoms with Gasteiger partial charge in [-0.15, -0.1) is 0 Å². The quantitative estimate of drug-likeness (QED) is 0.934. The molecule has 1 N–H and O–H groups in total. The van der Waals surface area contributed by atoms with E-state index in [4.69, 9.17) is 0 Å². The van der Waals surface area contributed by atoms with Crippen LogP contribution < -0.4 is 10.2 Å². The standard InChI is InChI=1S/C20H26N4O/c1-15(23-11-9-17-6-3-4-7-19(17)23)14-21-20(25)24-13-12-22-10-5-8-18(22)16(24)2/h3-8,10,15-16H,9,11-14H2,1-2H3,(H,21,25). The van der Waals surface area contributed by atoms with Crippen LogP contribution >= 0.6 is 0 Å². The van der Waals surface area contributed by atoms with Crippen LogP contribution in [0.25, 0.3) is 0 Å². The molecule has 5 nitrogen and oxygen atoms in total. The molecule has 0 radical (unpaired) electrons. The molecule has 1 aromatic heterocycles. The lowest BCUT2D eigenvalue weighted by atomic mass is 10.1. The van der Waals surface area contributed by atoms with E-state index in [2.05, 4.69) is 71.2 Å². The molecular weight excluding hydrogens is 312 g/mol. The second-order valence-electron chi connectivity index (χ2n) is 7.10. The molecule has 5 heteroatoms. The van der Waals surface area contributed by atoms with Gasteiger partial charge in [-0.05, 0) is 44.0 Å². The SMILES string of the molecule is CC1c2cccn2CCN1C(=O)NCC(C)N1CCc2ccccc21. The molecule has 1 aromatic carbocycles. The molecule has 0 bridgehead atoms. The van der Waals surface area contributed by atoms with Gasteiger partial charge in [0.05, 0.1) is 6.04 Å². The first-order valence-electron chi connectivity index (χ1n) is 9.19. The van der Waals surface area contributed by atoms with Gasteiger partial charge in [-0.2, -0.15) is 0 Å². The Morgan fingerprint density at radius 3 is 2.92 bits per heavy atom. The summed E-state index contributed by atoms with van der Waals surface area (Å²) in [6.07, 6.45) is 3.18. The fourth-order valence-corrected chi connectivity index (χ4v) is 4.12. The summed E-state index contributed by atoms with van der Waals surface area (Å²) in [7, 11) is 0. The molecule has 0 spiro atoms. The minimum absolute atomic E-state index is 0.0410. The summed E-state index contributed by atoms with van der Waals surface area (Å²) in [6, 6.07) is 13.2. The molecule has 132 valence electrons. The van der Waals surface area contributed by atoms with Crippen LogP contribution in [0.1, 0.15) is 31.1 Å². The average Bonchev–Trinajstić information content (AvgIpc) is 3.27. The molecule has 2 aromatic rings. The number of hydrogen-bond acceptors (Lipinski definition) is 2. The van der Waals surface area contributed by atoms with Gasteiger partial charge in [-0.1, -0.05) is 18.2 Å². The molecule has 0 saturated carbocycles. The van der Waals surface area contributed by atoms with Crippen molar-refractivity contribution in [2.45, 2.75) is 38.9 Å². The molecule has 0 fully saturated rings. The molecule has 2 aliphatic rings. The van der Waals surface area contributed by atoms with Crippen molar-refractivity contribution in [3.8, 4) is 0 Å². The van der Waals surface area contributed by atoms with Crippen LogP contribution in [0.2, 0.25) is 0 Å². The fourth-order valence-electron chi connectivity index (χ4n) is 4.12. The lowest BCUT2D eigenvalue weighted by molar-refractivity contribution is 0.162. The highest BCUT2D eigenvalue weighted by atomic mass is 16.2. The van der Waals surface area contributed by atoms with Crippen LogP contribution in [-0.4, -0.2) is 41.2 Å². The first-order valence-corrected chi connectivity index (χ1v) is 9.19. The summed E-state index contributed by atoms with van der Waals surface area (Å²) in [5, 5.41) is 3.15. The number of carbonyl (C=O) groups is 1. The van der Waals surface area contributed by atoms with Crippen molar-refractivity contribution < 1.29 is 4.79 Å². The maximum Gasteiger partial charge on any atom is 0.318 e. The predicted octanol–water partition coefficient (Wildman–Crippen LogP) is 3.03. The minimum atomic E-state index is 0.0410. The number of amides is 2. The van der Waals surface area contributed by atoms with Crippen LogP contribution in [0.3, 0.4) is 0 Å². The topological polar surface area (TPSA) is 40.5 Å². The van der Waals surface area contributed by atoms with E-state index in [0.29, 0.717) is 6.54 Å². The fraction of sp³-hybridized carbons (Fsp3) is 0.450. The number of nitrogens with zero attached hydrogens (tertiary/aromatic N) is 3. The summed E-state index contributed by atoms with van der Waals surface area (Å²) < 4.78 is 2.23. The highest BCUT2D eigenvalue weighted by Gasteiger charge is 2.28. The van der Waals surface area contributed by atoms with Crippen molar-refractivity contribution in [2.75, 3.05) is 24.5 Å². The number of para-hydroxylation sites is 1. The number of benzene rings is 1. The monoisotopic (exact) mass is 338 g/mol. The third kappa shape index (κ3) is 2.88. The molecule has 0 saturated heterocycles. The summed E-state index contributed by atoms with van der Waals surface area (Å²) in [5.41, 5.74) is 3.93. The first-order chi connectivity index (χ1) is 12.1. The van der Waals surface area contributed by atoms with E-state index in [-0.39, 0.29) is 18.1 Å². The highest BCUT2D eigenvalue weighted by Crippen LogP contribution is 2.29. The van der Waals surface area contributed by atoms with E-state index in [9.17, 15) is 4.79 Å². The van der Waals surface area contributed by atoms with Gasteiger partial charge in [0.25, 0.3) is 0 Å². The van der Waals surface area contributed by atoms with Crippen molar-refractivity contribution in [1.82, 2.24) is 14.8 Å². The maximum absolute atomic E-state index is 12.7. The number of hydrogen-bond donors (Lipinski definition) is 1. The smallest absolute Gasteiger partial charge is 0.318 e. The van der Waals surface area contributed by atoms with Crippen LogP contribution in [0.15, 0.2) is 42.6 Å². The Morgan fingerprint density at radius 1 is 1.20 bits per heavy atom. The molecule has 4 rings (SSSR count). The Labute approximate surface area is 149 Å². The van der Waals surface area contributed by atoms with E-state index in [1.165, 1.54) is 16.9 Å². The van der Waals surface area contributed by atoms with Crippen LogP contribution in [-0.2, 0) is 13.0 Å². The molecule has 2 atom stereocenters. The first kappa shape index (κ1) is 16.1. The van der Waals surface area contributed by atoms with E-state index >= 15 is 0 Å². The molecular formula is C20H26N4O. The van der Waals surface area contributed by atoms with E-state index in [1.807, 2.05) is 4.90 Å². The average molecular weight is 338 g/mol.